The number of nitrogens with zero attached hydrogens (tertiary/aromatic N) is 1. The molecule has 0 saturated carbocycles. The number of H-pyrrole nitrogens is 1. The summed E-state index contributed by atoms with van der Waals surface area (Å²) in [6, 6.07) is -0.0813. The summed E-state index contributed by atoms with van der Waals surface area (Å²) in [4.78, 5) is 12.1. The van der Waals surface area contributed by atoms with E-state index in [0.29, 0.717) is 12.1 Å². The minimum Gasteiger partial charge on any atom is -0.348 e. The summed E-state index contributed by atoms with van der Waals surface area (Å²) < 4.78 is 23.5. The van der Waals surface area contributed by atoms with Crippen molar-refractivity contribution in [2.24, 2.45) is 11.1 Å². The van der Waals surface area contributed by atoms with Crippen LogP contribution in [-0.2, 0) is 16.4 Å². The molecule has 0 fully saturated rings. The number of hydrogen-bond donors (Lipinski definition) is 3. The van der Waals surface area contributed by atoms with Crippen LogP contribution in [-0.4, -0.2) is 30.6 Å². The number of primary sulfonamides is 1. The second-order valence-corrected chi connectivity index (χ2v) is 6.82. The van der Waals surface area contributed by atoms with Crippen molar-refractivity contribution in [3.63, 3.8) is 0 Å². The largest absolute Gasteiger partial charge is 0.348 e. The smallest absolute Gasteiger partial charge is 0.273 e. The van der Waals surface area contributed by atoms with Gasteiger partial charge in [0.15, 0.2) is 5.69 Å². The minimum atomic E-state index is -4.00. The van der Waals surface area contributed by atoms with Crippen LogP contribution in [0.15, 0.2) is 4.90 Å². The summed E-state index contributed by atoms with van der Waals surface area (Å²) in [6.07, 6.45) is 2.09. The molecule has 7 nitrogen and oxygen atoms in total. The van der Waals surface area contributed by atoms with E-state index in [-0.39, 0.29) is 22.5 Å². The Morgan fingerprint density at radius 2 is 2.00 bits per heavy atom. The van der Waals surface area contributed by atoms with E-state index in [1.807, 2.05) is 27.7 Å². The van der Waals surface area contributed by atoms with Gasteiger partial charge < -0.3 is 5.32 Å². The minimum absolute atomic E-state index is 0.0813. The first kappa shape index (κ1) is 17.6. The van der Waals surface area contributed by atoms with E-state index in [2.05, 4.69) is 15.5 Å². The van der Waals surface area contributed by atoms with Crippen molar-refractivity contribution >= 4 is 15.9 Å². The molecule has 4 N–H and O–H groups in total. The molecule has 1 rings (SSSR count). The number of hydrogen-bond acceptors (Lipinski definition) is 4. The molecule has 0 radical (unpaired) electrons. The third kappa shape index (κ3) is 4.28. The molecule has 0 saturated heterocycles. The Morgan fingerprint density at radius 1 is 1.38 bits per heavy atom. The molecule has 0 aliphatic rings. The number of rotatable bonds is 7. The topological polar surface area (TPSA) is 118 Å². The third-order valence-electron chi connectivity index (χ3n) is 3.65. The van der Waals surface area contributed by atoms with E-state index in [1.54, 1.807) is 0 Å². The normalized spacial score (nSPS) is 14.7. The fraction of sp³-hybridized carbons (Fsp3) is 0.692. The zero-order chi connectivity index (χ0) is 16.2. The zero-order valence-electron chi connectivity index (χ0n) is 12.9. The first-order chi connectivity index (χ1) is 9.72. The molecule has 0 aromatic carbocycles. The van der Waals surface area contributed by atoms with E-state index in [1.165, 1.54) is 0 Å². The maximum Gasteiger partial charge on any atom is 0.273 e. The van der Waals surface area contributed by atoms with Gasteiger partial charge in [-0.1, -0.05) is 33.6 Å². The summed E-state index contributed by atoms with van der Waals surface area (Å²) >= 11 is 0. The van der Waals surface area contributed by atoms with Crippen LogP contribution in [0.2, 0.25) is 0 Å². The maximum atomic E-state index is 12.2. The number of aryl methyl sites for hydroxylation is 1. The Morgan fingerprint density at radius 3 is 2.48 bits per heavy atom. The highest BCUT2D eigenvalue weighted by atomic mass is 32.2. The number of nitrogens with two attached hydrogens (primary N) is 1. The van der Waals surface area contributed by atoms with Crippen LogP contribution in [0.3, 0.4) is 0 Å². The van der Waals surface area contributed by atoms with Crippen molar-refractivity contribution in [2.75, 3.05) is 0 Å². The second kappa shape index (κ2) is 7.04. The zero-order valence-corrected chi connectivity index (χ0v) is 13.8. The number of aromatic nitrogens is 2. The standard InChI is InChI=1S/C13H24N4O3S/c1-5-7-10-12(21(14,19)20)11(17-16-10)13(18)15-9(4)8(3)6-2/h8-9H,5-7H2,1-4H3,(H,15,18)(H,16,17)(H2,14,19,20). The number of carbonyl (C=O) groups is 1. The van der Waals surface area contributed by atoms with Crippen LogP contribution in [0.1, 0.15) is 56.7 Å². The molecule has 0 bridgehead atoms. The number of amides is 1. The van der Waals surface area contributed by atoms with Gasteiger partial charge in [-0.3, -0.25) is 9.89 Å². The summed E-state index contributed by atoms with van der Waals surface area (Å²) in [5, 5.41) is 14.4. The SMILES string of the molecule is CCCc1[nH]nc(C(=O)NC(C)C(C)CC)c1S(N)(=O)=O. The Hall–Kier alpha value is -1.41. The Bertz CT molecular complexity index is 595. The Kier molecular flexibility index (Phi) is 5.91. The van der Waals surface area contributed by atoms with Crippen molar-refractivity contribution in [3.8, 4) is 0 Å². The highest BCUT2D eigenvalue weighted by molar-refractivity contribution is 7.89. The lowest BCUT2D eigenvalue weighted by Gasteiger charge is -2.19. The first-order valence-corrected chi connectivity index (χ1v) is 8.67. The maximum absolute atomic E-state index is 12.2. The molecule has 0 aliphatic carbocycles. The van der Waals surface area contributed by atoms with E-state index in [4.69, 9.17) is 5.14 Å². The lowest BCUT2D eigenvalue weighted by atomic mass is 10.0. The van der Waals surface area contributed by atoms with Gasteiger partial charge in [0.1, 0.15) is 4.90 Å². The fourth-order valence-corrected chi connectivity index (χ4v) is 2.92. The number of carbonyl (C=O) groups excluding carboxylic acids is 1. The molecule has 1 heterocycles. The van der Waals surface area contributed by atoms with Crippen molar-refractivity contribution < 1.29 is 13.2 Å². The lowest BCUT2D eigenvalue weighted by molar-refractivity contribution is 0.0919. The van der Waals surface area contributed by atoms with Gasteiger partial charge in [-0.2, -0.15) is 5.10 Å². The van der Waals surface area contributed by atoms with Gasteiger partial charge in [-0.05, 0) is 19.3 Å². The van der Waals surface area contributed by atoms with Gasteiger partial charge in [0.25, 0.3) is 5.91 Å². The van der Waals surface area contributed by atoms with Crippen LogP contribution in [0.5, 0.6) is 0 Å². The lowest BCUT2D eigenvalue weighted by Crippen LogP contribution is -2.38. The number of sulfonamides is 1. The molecule has 21 heavy (non-hydrogen) atoms. The molecule has 2 unspecified atom stereocenters. The molecule has 8 heteroatoms. The molecular formula is C13H24N4O3S. The first-order valence-electron chi connectivity index (χ1n) is 7.13. The van der Waals surface area contributed by atoms with E-state index >= 15 is 0 Å². The van der Waals surface area contributed by atoms with Crippen LogP contribution in [0.4, 0.5) is 0 Å². The molecule has 2 atom stereocenters. The highest BCUT2D eigenvalue weighted by Crippen LogP contribution is 2.19. The average Bonchev–Trinajstić information content (AvgIpc) is 2.81. The molecular weight excluding hydrogens is 292 g/mol. The monoisotopic (exact) mass is 316 g/mol. The van der Waals surface area contributed by atoms with E-state index in [9.17, 15) is 13.2 Å². The molecule has 1 aromatic heterocycles. The van der Waals surface area contributed by atoms with Gasteiger partial charge in [-0.15, -0.1) is 0 Å². The predicted molar refractivity (Wildman–Crippen MR) is 80.3 cm³/mol. The van der Waals surface area contributed by atoms with Gasteiger partial charge >= 0.3 is 0 Å². The number of nitrogens with one attached hydrogen (secondary N) is 2. The summed E-state index contributed by atoms with van der Waals surface area (Å²) in [6.45, 7) is 7.82. The van der Waals surface area contributed by atoms with Crippen molar-refractivity contribution in [1.29, 1.82) is 0 Å². The molecule has 1 amide bonds. The van der Waals surface area contributed by atoms with Crippen LogP contribution >= 0.6 is 0 Å². The van der Waals surface area contributed by atoms with Crippen molar-refractivity contribution in [1.82, 2.24) is 15.5 Å². The summed E-state index contributed by atoms with van der Waals surface area (Å²) in [5.74, 6) is -0.244. The second-order valence-electron chi connectivity index (χ2n) is 5.32. The molecule has 120 valence electrons. The molecule has 1 aromatic rings. The van der Waals surface area contributed by atoms with Gasteiger partial charge in [-0.25, -0.2) is 13.6 Å². The molecule has 0 spiro atoms. The predicted octanol–water partition coefficient (Wildman–Crippen LogP) is 1.17. The van der Waals surface area contributed by atoms with Gasteiger partial charge in [0.2, 0.25) is 10.0 Å². The Balaban J connectivity index is 3.11. The van der Waals surface area contributed by atoms with Gasteiger partial charge in [0.05, 0.1) is 5.69 Å². The number of aromatic amines is 1. The van der Waals surface area contributed by atoms with Crippen LogP contribution < -0.4 is 10.5 Å². The summed E-state index contributed by atoms with van der Waals surface area (Å²) in [7, 11) is -4.00. The van der Waals surface area contributed by atoms with Crippen LogP contribution in [0, 0.1) is 5.92 Å². The summed E-state index contributed by atoms with van der Waals surface area (Å²) in [5.41, 5.74) is 0.220. The average molecular weight is 316 g/mol. The molecule has 0 aliphatic heterocycles. The highest BCUT2D eigenvalue weighted by Gasteiger charge is 2.28. The van der Waals surface area contributed by atoms with Gasteiger partial charge in [0, 0.05) is 6.04 Å². The van der Waals surface area contributed by atoms with Crippen molar-refractivity contribution in [2.45, 2.75) is 57.9 Å². The van der Waals surface area contributed by atoms with E-state index in [0.717, 1.165) is 12.8 Å². The Labute approximate surface area is 125 Å². The van der Waals surface area contributed by atoms with E-state index < -0.39 is 15.9 Å². The third-order valence-corrected chi connectivity index (χ3v) is 4.66. The van der Waals surface area contributed by atoms with Crippen LogP contribution in [0.25, 0.3) is 0 Å². The van der Waals surface area contributed by atoms with Crippen molar-refractivity contribution in [3.05, 3.63) is 11.4 Å². The fourth-order valence-electron chi connectivity index (χ4n) is 2.02. The quantitative estimate of drug-likeness (QED) is 0.699.